The molecule has 0 bridgehead atoms. The number of halogens is 1. The zero-order chi connectivity index (χ0) is 20.1. The van der Waals surface area contributed by atoms with Gasteiger partial charge in [-0.05, 0) is 48.2 Å². The Morgan fingerprint density at radius 1 is 1.14 bits per heavy atom. The van der Waals surface area contributed by atoms with E-state index < -0.39 is 0 Å². The minimum absolute atomic E-state index is 0.0343. The highest BCUT2D eigenvalue weighted by Gasteiger charge is 2.33. The first-order valence-corrected chi connectivity index (χ1v) is 9.79. The van der Waals surface area contributed by atoms with Gasteiger partial charge in [-0.15, -0.1) is 0 Å². The second-order valence-electron chi connectivity index (χ2n) is 7.11. The van der Waals surface area contributed by atoms with E-state index in [1.165, 1.54) is 6.92 Å². The van der Waals surface area contributed by atoms with Crippen LogP contribution >= 0.6 is 11.6 Å². The van der Waals surface area contributed by atoms with Gasteiger partial charge >= 0.3 is 0 Å². The third-order valence-corrected chi connectivity index (χ3v) is 5.10. The van der Waals surface area contributed by atoms with Crippen molar-refractivity contribution in [3.8, 4) is 5.75 Å². The molecule has 1 fully saturated rings. The van der Waals surface area contributed by atoms with Crippen molar-refractivity contribution in [3.05, 3.63) is 64.7 Å². The molecule has 1 aliphatic carbocycles. The second-order valence-corrected chi connectivity index (χ2v) is 7.55. The van der Waals surface area contributed by atoms with Crippen LogP contribution in [-0.2, 0) is 16.1 Å². The van der Waals surface area contributed by atoms with E-state index in [1.54, 1.807) is 19.2 Å². The Morgan fingerprint density at radius 2 is 1.79 bits per heavy atom. The molecule has 1 saturated carbocycles. The molecule has 0 heterocycles. The molecule has 0 aromatic heterocycles. The monoisotopic (exact) mass is 400 g/mol. The molecule has 3 rings (SSSR count). The molecule has 6 heteroatoms. The van der Waals surface area contributed by atoms with Crippen LogP contribution in [0.4, 0.5) is 0 Å². The lowest BCUT2D eigenvalue weighted by Crippen LogP contribution is -2.36. The zero-order valence-corrected chi connectivity index (χ0v) is 16.9. The number of hydrogen-bond donors (Lipinski definition) is 1. The largest absolute Gasteiger partial charge is 0.497 e. The maximum Gasteiger partial charge on any atom is 0.225 e. The minimum atomic E-state index is -0.376. The summed E-state index contributed by atoms with van der Waals surface area (Å²) in [6.45, 7) is 2.02. The van der Waals surface area contributed by atoms with E-state index in [1.807, 2.05) is 41.3 Å². The van der Waals surface area contributed by atoms with Crippen LogP contribution in [0.3, 0.4) is 0 Å². The molecule has 1 unspecified atom stereocenters. The first-order chi connectivity index (χ1) is 13.5. The van der Waals surface area contributed by atoms with Crippen LogP contribution in [0.2, 0.25) is 5.02 Å². The van der Waals surface area contributed by atoms with Crippen LogP contribution in [0.25, 0.3) is 0 Å². The summed E-state index contributed by atoms with van der Waals surface area (Å²) >= 11 is 5.97. The number of nitrogens with one attached hydrogen (secondary N) is 1. The van der Waals surface area contributed by atoms with Gasteiger partial charge in [0.25, 0.3) is 0 Å². The Hall–Kier alpha value is -2.53. The fourth-order valence-electron chi connectivity index (χ4n) is 3.22. The number of benzene rings is 2. The molecule has 1 aliphatic rings. The molecule has 0 aliphatic heterocycles. The first kappa shape index (κ1) is 20.2. The number of methoxy groups -OCH3 is 1. The van der Waals surface area contributed by atoms with Crippen LogP contribution in [0.1, 0.15) is 43.4 Å². The number of carbonyl (C=O) groups is 2. The summed E-state index contributed by atoms with van der Waals surface area (Å²) in [5, 5.41) is 3.51. The normalized spacial score (nSPS) is 14.2. The molecule has 0 saturated heterocycles. The van der Waals surface area contributed by atoms with Crippen molar-refractivity contribution in [1.29, 1.82) is 0 Å². The molecule has 1 N–H and O–H groups in total. The summed E-state index contributed by atoms with van der Waals surface area (Å²) in [6.07, 6.45) is 2.26. The average Bonchev–Trinajstić information content (AvgIpc) is 3.51. The van der Waals surface area contributed by atoms with Crippen molar-refractivity contribution in [1.82, 2.24) is 10.2 Å². The molecule has 148 valence electrons. The van der Waals surface area contributed by atoms with Crippen LogP contribution in [0.15, 0.2) is 48.5 Å². The Morgan fingerprint density at radius 3 is 2.32 bits per heavy atom. The SMILES string of the molecule is COc1ccc(CN(C(=O)CC(NC(C)=O)c2ccc(Cl)cc2)C2CC2)cc1. The first-order valence-electron chi connectivity index (χ1n) is 9.41. The van der Waals surface area contributed by atoms with E-state index in [0.717, 1.165) is 29.7 Å². The van der Waals surface area contributed by atoms with Gasteiger partial charge < -0.3 is 15.0 Å². The zero-order valence-electron chi connectivity index (χ0n) is 16.2. The van der Waals surface area contributed by atoms with Crippen LogP contribution in [-0.4, -0.2) is 29.9 Å². The van der Waals surface area contributed by atoms with Crippen molar-refractivity contribution in [2.45, 2.75) is 44.8 Å². The van der Waals surface area contributed by atoms with Gasteiger partial charge in [-0.3, -0.25) is 9.59 Å². The number of carbonyl (C=O) groups excluding carboxylic acids is 2. The van der Waals surface area contributed by atoms with E-state index in [-0.39, 0.29) is 30.3 Å². The lowest BCUT2D eigenvalue weighted by molar-refractivity contribution is -0.133. The van der Waals surface area contributed by atoms with E-state index >= 15 is 0 Å². The maximum atomic E-state index is 13.1. The summed E-state index contributed by atoms with van der Waals surface area (Å²) in [6, 6.07) is 14.9. The van der Waals surface area contributed by atoms with Crippen LogP contribution in [0.5, 0.6) is 5.75 Å². The third kappa shape index (κ3) is 5.49. The highest BCUT2D eigenvalue weighted by molar-refractivity contribution is 6.30. The quantitative estimate of drug-likeness (QED) is 0.725. The van der Waals surface area contributed by atoms with Gasteiger partial charge in [-0.1, -0.05) is 35.9 Å². The van der Waals surface area contributed by atoms with Gasteiger partial charge in [0.05, 0.1) is 19.6 Å². The highest BCUT2D eigenvalue weighted by Crippen LogP contribution is 2.31. The van der Waals surface area contributed by atoms with E-state index in [9.17, 15) is 9.59 Å². The lowest BCUT2D eigenvalue weighted by Gasteiger charge is -2.26. The van der Waals surface area contributed by atoms with Gasteiger partial charge in [0.15, 0.2) is 0 Å². The Balaban J connectivity index is 1.73. The van der Waals surface area contributed by atoms with Crippen LogP contribution in [0, 0.1) is 0 Å². The van der Waals surface area contributed by atoms with Crippen LogP contribution < -0.4 is 10.1 Å². The Labute approximate surface area is 170 Å². The molecule has 2 aromatic carbocycles. The number of rotatable bonds is 8. The lowest BCUT2D eigenvalue weighted by atomic mass is 10.0. The Kier molecular flexibility index (Phi) is 6.57. The molecule has 0 radical (unpaired) electrons. The summed E-state index contributed by atoms with van der Waals surface area (Å²) in [5.74, 6) is 0.661. The molecular formula is C22H25ClN2O3. The molecule has 2 aromatic rings. The molecule has 28 heavy (non-hydrogen) atoms. The van der Waals surface area contributed by atoms with Crippen molar-refractivity contribution in [3.63, 3.8) is 0 Å². The van der Waals surface area contributed by atoms with Crippen molar-refractivity contribution < 1.29 is 14.3 Å². The molecular weight excluding hydrogens is 376 g/mol. The predicted molar refractivity (Wildman–Crippen MR) is 109 cm³/mol. The standard InChI is InChI=1S/C22H25ClN2O3/c1-15(26)24-21(17-5-7-18(23)8-6-17)13-22(27)25(19-9-10-19)14-16-3-11-20(28-2)12-4-16/h3-8,11-12,19,21H,9-10,13-14H2,1-2H3,(H,24,26). The summed E-state index contributed by atoms with van der Waals surface area (Å²) in [4.78, 5) is 26.7. The summed E-state index contributed by atoms with van der Waals surface area (Å²) in [7, 11) is 1.63. The van der Waals surface area contributed by atoms with Crippen molar-refractivity contribution >= 4 is 23.4 Å². The van der Waals surface area contributed by atoms with Gasteiger partial charge in [-0.2, -0.15) is 0 Å². The van der Waals surface area contributed by atoms with Gasteiger partial charge in [0.1, 0.15) is 5.75 Å². The number of nitrogens with zero attached hydrogens (tertiary/aromatic N) is 1. The van der Waals surface area contributed by atoms with E-state index in [0.29, 0.717) is 11.6 Å². The second kappa shape index (κ2) is 9.11. The number of ether oxygens (including phenoxy) is 1. The smallest absolute Gasteiger partial charge is 0.225 e. The highest BCUT2D eigenvalue weighted by atomic mass is 35.5. The fourth-order valence-corrected chi connectivity index (χ4v) is 3.35. The summed E-state index contributed by atoms with van der Waals surface area (Å²) < 4.78 is 5.20. The maximum absolute atomic E-state index is 13.1. The fraction of sp³-hybridized carbons (Fsp3) is 0.364. The predicted octanol–water partition coefficient (Wildman–Crippen LogP) is 4.11. The molecule has 5 nitrogen and oxygen atoms in total. The van der Waals surface area contributed by atoms with Gasteiger partial charge in [-0.25, -0.2) is 0 Å². The molecule has 1 atom stereocenters. The van der Waals surface area contributed by atoms with Crippen molar-refractivity contribution in [2.75, 3.05) is 7.11 Å². The Bertz CT molecular complexity index is 817. The number of hydrogen-bond acceptors (Lipinski definition) is 3. The molecule has 2 amide bonds. The number of amides is 2. The topological polar surface area (TPSA) is 58.6 Å². The third-order valence-electron chi connectivity index (χ3n) is 4.85. The summed E-state index contributed by atoms with van der Waals surface area (Å²) in [5.41, 5.74) is 1.93. The minimum Gasteiger partial charge on any atom is -0.497 e. The van der Waals surface area contributed by atoms with E-state index in [4.69, 9.17) is 16.3 Å². The van der Waals surface area contributed by atoms with Gasteiger partial charge in [0, 0.05) is 24.5 Å². The molecule has 0 spiro atoms. The average molecular weight is 401 g/mol. The van der Waals surface area contributed by atoms with Crippen molar-refractivity contribution in [2.24, 2.45) is 0 Å². The van der Waals surface area contributed by atoms with E-state index in [2.05, 4.69) is 5.32 Å². The van der Waals surface area contributed by atoms with Gasteiger partial charge in [0.2, 0.25) is 11.8 Å².